The van der Waals surface area contributed by atoms with Gasteiger partial charge < -0.3 is 10.3 Å². The van der Waals surface area contributed by atoms with E-state index < -0.39 is 0 Å². The van der Waals surface area contributed by atoms with Gasteiger partial charge in [-0.05, 0) is 6.42 Å². The van der Waals surface area contributed by atoms with Gasteiger partial charge in [0.2, 0.25) is 0 Å². The monoisotopic (exact) mass is 136 g/mol. The average Bonchev–Trinajstić information content (AvgIpc) is 2.04. The van der Waals surface area contributed by atoms with E-state index in [4.69, 9.17) is 5.53 Å². The van der Waals surface area contributed by atoms with Gasteiger partial charge in [-0.3, -0.25) is 0 Å². The third-order valence-electron chi connectivity index (χ3n) is 1.57. The highest BCUT2D eigenvalue weighted by molar-refractivity contribution is 5.96. The molecule has 1 unspecified atom stereocenters. The van der Waals surface area contributed by atoms with E-state index in [2.05, 4.69) is 4.79 Å². The highest BCUT2D eigenvalue weighted by atomic mass is 16.1. The van der Waals surface area contributed by atoms with Crippen molar-refractivity contribution in [3.05, 3.63) is 17.7 Å². The molecule has 0 N–H and O–H groups in total. The molecule has 1 aliphatic rings. The molecular weight excluding hydrogens is 128 g/mol. The molecule has 0 aliphatic heterocycles. The van der Waals surface area contributed by atoms with Crippen LogP contribution >= 0.6 is 0 Å². The maximum Gasteiger partial charge on any atom is 0.283 e. The number of hydrogen-bond acceptors (Lipinski definition) is 1. The van der Waals surface area contributed by atoms with E-state index >= 15 is 0 Å². The molecule has 0 fully saturated rings. The van der Waals surface area contributed by atoms with E-state index in [1.165, 1.54) is 0 Å². The van der Waals surface area contributed by atoms with Crippen molar-refractivity contribution in [2.45, 2.75) is 12.8 Å². The number of carbonyl (C=O) groups excluding carboxylic acids is 1. The first-order valence-electron chi connectivity index (χ1n) is 3.21. The minimum Gasteiger partial charge on any atom is -0.362 e. The van der Waals surface area contributed by atoms with Crippen LogP contribution in [0.2, 0.25) is 0 Å². The van der Waals surface area contributed by atoms with Gasteiger partial charge in [0, 0.05) is 6.42 Å². The minimum absolute atomic E-state index is 0.293. The lowest BCUT2D eigenvalue weighted by atomic mass is 9.95. The average molecular weight is 136 g/mol. The van der Waals surface area contributed by atoms with E-state index in [-0.39, 0.29) is 5.92 Å². The molecule has 3 nitrogen and oxygen atoms in total. The third kappa shape index (κ3) is 1.20. The van der Waals surface area contributed by atoms with E-state index in [0.29, 0.717) is 12.1 Å². The second-order valence-electron chi connectivity index (χ2n) is 2.22. The summed E-state index contributed by atoms with van der Waals surface area (Å²) < 4.78 is 0. The number of nitrogens with zero attached hydrogens (tertiary/aromatic N) is 2. The molecule has 0 bridgehead atoms. The third-order valence-corrected chi connectivity index (χ3v) is 1.57. The Bertz CT molecular complexity index is 214. The maximum absolute atomic E-state index is 10.3. The summed E-state index contributed by atoms with van der Waals surface area (Å²) in [6, 6.07) is 0. The lowest BCUT2D eigenvalue weighted by Gasteiger charge is -2.02. The molecule has 1 rings (SSSR count). The molecule has 0 radical (unpaired) electrons. The summed E-state index contributed by atoms with van der Waals surface area (Å²) in [6.07, 6.45) is 6.02. The van der Waals surface area contributed by atoms with Crippen LogP contribution in [0.15, 0.2) is 12.2 Å². The highest BCUT2D eigenvalue weighted by Gasteiger charge is 2.21. The smallest absolute Gasteiger partial charge is 0.283 e. The first kappa shape index (κ1) is 6.90. The summed E-state index contributed by atoms with van der Waals surface area (Å²) in [7, 11) is 0. The molecule has 52 valence electrons. The Labute approximate surface area is 59.0 Å². The maximum atomic E-state index is 10.3. The van der Waals surface area contributed by atoms with Gasteiger partial charge in [-0.2, -0.15) is 4.79 Å². The summed E-state index contributed by atoms with van der Waals surface area (Å²) in [5, 5.41) is 0. The number of rotatable bonds is 1. The first-order chi connectivity index (χ1) is 4.88. The Morgan fingerprint density at radius 1 is 1.80 bits per heavy atom. The Morgan fingerprint density at radius 2 is 2.60 bits per heavy atom. The Kier molecular flexibility index (Phi) is 2.13. The van der Waals surface area contributed by atoms with Gasteiger partial charge in [-0.15, -0.1) is 0 Å². The molecule has 0 aromatic heterocycles. The molecule has 1 atom stereocenters. The van der Waals surface area contributed by atoms with Crippen LogP contribution in [0.4, 0.5) is 0 Å². The second kappa shape index (κ2) is 3.08. The Morgan fingerprint density at radius 3 is 3.10 bits per heavy atom. The van der Waals surface area contributed by atoms with Gasteiger partial charge in [-0.1, -0.05) is 12.2 Å². The van der Waals surface area contributed by atoms with Gasteiger partial charge in [0.15, 0.2) is 0 Å². The van der Waals surface area contributed by atoms with Crippen LogP contribution in [0.25, 0.3) is 5.53 Å². The molecule has 0 saturated heterocycles. The molecule has 0 spiro atoms. The number of hydrogen-bond donors (Lipinski definition) is 0. The van der Waals surface area contributed by atoms with Crippen molar-refractivity contribution >= 4 is 12.0 Å². The SMILES string of the molecule is [N-]=[N+]=C1CCC=CC1C=O. The zero-order valence-corrected chi connectivity index (χ0v) is 5.53. The van der Waals surface area contributed by atoms with E-state index in [1.807, 2.05) is 6.08 Å². The normalized spacial score (nSPS) is 24.0. The molecule has 0 amide bonds. The first-order valence-corrected chi connectivity index (χ1v) is 3.21. The fourth-order valence-electron chi connectivity index (χ4n) is 0.992. The second-order valence-corrected chi connectivity index (χ2v) is 2.22. The summed E-state index contributed by atoms with van der Waals surface area (Å²) >= 11 is 0. The zero-order valence-electron chi connectivity index (χ0n) is 5.53. The van der Waals surface area contributed by atoms with Crippen molar-refractivity contribution in [3.63, 3.8) is 0 Å². The van der Waals surface area contributed by atoms with Crippen LogP contribution in [-0.2, 0) is 4.79 Å². The fraction of sp³-hybridized carbons (Fsp3) is 0.429. The Hall–Kier alpha value is -1.21. The highest BCUT2D eigenvalue weighted by Crippen LogP contribution is 2.10. The summed E-state index contributed by atoms with van der Waals surface area (Å²) in [5.41, 5.74) is 8.95. The fourth-order valence-corrected chi connectivity index (χ4v) is 0.992. The number of aldehydes is 1. The molecule has 3 heteroatoms. The lowest BCUT2D eigenvalue weighted by Crippen LogP contribution is -2.17. The molecule has 0 heterocycles. The number of carbonyl (C=O) groups is 1. The minimum atomic E-state index is -0.293. The molecular formula is C7H8N2O. The summed E-state index contributed by atoms with van der Waals surface area (Å²) in [4.78, 5) is 13.3. The standard InChI is InChI=1S/C7H8N2O/c8-9-7-4-2-1-3-6(7)5-10/h1,3,5-6H,2,4H2. The van der Waals surface area contributed by atoms with E-state index in [9.17, 15) is 4.79 Å². The molecule has 1 aliphatic carbocycles. The van der Waals surface area contributed by atoms with Crippen molar-refractivity contribution < 1.29 is 9.58 Å². The van der Waals surface area contributed by atoms with Gasteiger partial charge in [0.05, 0.1) is 0 Å². The predicted molar refractivity (Wildman–Crippen MR) is 36.6 cm³/mol. The summed E-state index contributed by atoms with van der Waals surface area (Å²) in [5.74, 6) is -0.293. The largest absolute Gasteiger partial charge is 0.362 e. The quantitative estimate of drug-likeness (QED) is 0.228. The van der Waals surface area contributed by atoms with Crippen LogP contribution < -0.4 is 0 Å². The molecule has 0 aromatic rings. The predicted octanol–water partition coefficient (Wildman–Crippen LogP) is 0.822. The Balaban J connectivity index is 2.85. The molecule has 0 aromatic carbocycles. The van der Waals surface area contributed by atoms with Crippen LogP contribution in [-0.4, -0.2) is 16.8 Å². The topological polar surface area (TPSA) is 53.5 Å². The van der Waals surface area contributed by atoms with Crippen molar-refractivity contribution in [2.24, 2.45) is 5.92 Å². The van der Waals surface area contributed by atoms with Crippen molar-refractivity contribution in [2.75, 3.05) is 0 Å². The van der Waals surface area contributed by atoms with Crippen molar-refractivity contribution in [1.82, 2.24) is 0 Å². The van der Waals surface area contributed by atoms with E-state index in [0.717, 1.165) is 12.7 Å². The van der Waals surface area contributed by atoms with Crippen LogP contribution in [0, 0.1) is 5.92 Å². The van der Waals surface area contributed by atoms with Gasteiger partial charge in [-0.25, -0.2) is 0 Å². The van der Waals surface area contributed by atoms with Crippen molar-refractivity contribution in [3.8, 4) is 0 Å². The summed E-state index contributed by atoms with van der Waals surface area (Å²) in [6.45, 7) is 0. The molecule has 10 heavy (non-hydrogen) atoms. The zero-order chi connectivity index (χ0) is 7.40. The van der Waals surface area contributed by atoms with Gasteiger partial charge in [0.1, 0.15) is 12.2 Å². The van der Waals surface area contributed by atoms with Crippen molar-refractivity contribution in [1.29, 1.82) is 0 Å². The van der Waals surface area contributed by atoms with Gasteiger partial charge >= 0.3 is 0 Å². The van der Waals surface area contributed by atoms with E-state index in [1.54, 1.807) is 6.08 Å². The lowest BCUT2D eigenvalue weighted by molar-refractivity contribution is -0.109. The van der Waals surface area contributed by atoms with Crippen LogP contribution in [0.5, 0.6) is 0 Å². The van der Waals surface area contributed by atoms with Crippen LogP contribution in [0.1, 0.15) is 12.8 Å². The number of allylic oxidation sites excluding steroid dienone is 2. The molecule has 0 saturated carbocycles. The van der Waals surface area contributed by atoms with Gasteiger partial charge in [0.25, 0.3) is 5.71 Å². The van der Waals surface area contributed by atoms with Crippen LogP contribution in [0.3, 0.4) is 0 Å².